The lowest BCUT2D eigenvalue weighted by atomic mass is 10.1. The summed E-state index contributed by atoms with van der Waals surface area (Å²) < 4.78 is 41.2. The summed E-state index contributed by atoms with van der Waals surface area (Å²) in [5.74, 6) is 1.10. The average Bonchev–Trinajstić information content (AvgIpc) is 3.28. The van der Waals surface area contributed by atoms with Crippen LogP contribution >= 0.6 is 0 Å². The van der Waals surface area contributed by atoms with E-state index < -0.39 is 9.71 Å². The van der Waals surface area contributed by atoms with Gasteiger partial charge in [0.05, 0.1) is 24.4 Å². The van der Waals surface area contributed by atoms with Gasteiger partial charge in [-0.1, -0.05) is 6.92 Å². The highest BCUT2D eigenvalue weighted by Gasteiger charge is 2.20. The highest BCUT2D eigenvalue weighted by atomic mass is 32.2. The number of ether oxygens (including phenoxy) is 2. The summed E-state index contributed by atoms with van der Waals surface area (Å²) in [6.07, 6.45) is 2.11. The molecule has 2 unspecified atom stereocenters. The molecular formula is C23H27FN4O3S. The average molecular weight is 459 g/mol. The third-order valence-electron chi connectivity index (χ3n) is 5.41. The van der Waals surface area contributed by atoms with E-state index in [1.54, 1.807) is 18.4 Å². The number of aryl methyl sites for hydroxylation is 1. The summed E-state index contributed by atoms with van der Waals surface area (Å²) in [5.41, 5.74) is 2.95. The van der Waals surface area contributed by atoms with Crippen LogP contribution in [0.3, 0.4) is 0 Å². The Morgan fingerprint density at radius 2 is 2.16 bits per heavy atom. The smallest absolute Gasteiger partial charge is 0.146 e. The van der Waals surface area contributed by atoms with Crippen molar-refractivity contribution < 1.29 is 18.1 Å². The van der Waals surface area contributed by atoms with E-state index >= 15 is 0 Å². The van der Waals surface area contributed by atoms with E-state index in [9.17, 15) is 8.60 Å². The minimum atomic E-state index is -2.28. The van der Waals surface area contributed by atoms with Gasteiger partial charge in [0.15, 0.2) is 0 Å². The van der Waals surface area contributed by atoms with Gasteiger partial charge in [-0.15, -0.1) is 0 Å². The molecule has 9 heteroatoms. The molecule has 0 radical (unpaired) electrons. The highest BCUT2D eigenvalue weighted by Crippen LogP contribution is 2.34. The Balaban J connectivity index is 1.69. The van der Waals surface area contributed by atoms with Crippen molar-refractivity contribution in [1.29, 1.82) is 0 Å². The summed E-state index contributed by atoms with van der Waals surface area (Å²) in [6.45, 7) is 6.74. The Bertz CT molecular complexity index is 1250. The molecule has 2 heterocycles. The number of hydrogen-bond donors (Lipinski definition) is 2. The second-order valence-corrected chi connectivity index (χ2v) is 10.3. The van der Waals surface area contributed by atoms with Crippen LogP contribution in [0, 0.1) is 12.7 Å². The lowest BCUT2D eigenvalue weighted by Crippen LogP contribution is -2.17. The van der Waals surface area contributed by atoms with Crippen LogP contribution in [0.1, 0.15) is 25.8 Å². The third-order valence-corrected chi connectivity index (χ3v) is 7.61. The molecule has 2 atom stereocenters. The molecule has 1 aliphatic rings. The Hall–Kier alpha value is -2.91. The van der Waals surface area contributed by atoms with E-state index in [-0.39, 0.29) is 11.9 Å². The molecule has 0 aliphatic carbocycles. The van der Waals surface area contributed by atoms with Crippen LogP contribution in [0.2, 0.25) is 0 Å². The van der Waals surface area contributed by atoms with E-state index in [0.29, 0.717) is 41.7 Å². The Morgan fingerprint density at radius 1 is 1.31 bits per heavy atom. The van der Waals surface area contributed by atoms with E-state index in [1.807, 2.05) is 26.0 Å². The largest absolute Gasteiger partial charge is 0.486 e. The van der Waals surface area contributed by atoms with Gasteiger partial charge in [0.25, 0.3) is 0 Å². The maximum Gasteiger partial charge on any atom is 0.146 e. The first kappa shape index (κ1) is 22.3. The molecule has 1 fully saturated rings. The van der Waals surface area contributed by atoms with Crippen molar-refractivity contribution >= 4 is 43.2 Å². The summed E-state index contributed by atoms with van der Waals surface area (Å²) >= 11 is 0. The van der Waals surface area contributed by atoms with Gasteiger partial charge in [-0.2, -0.15) is 0 Å². The minimum Gasteiger partial charge on any atom is -0.486 e. The first-order valence-corrected chi connectivity index (χ1v) is 12.3. The van der Waals surface area contributed by atoms with Gasteiger partial charge in [0.2, 0.25) is 0 Å². The third kappa shape index (κ3) is 4.78. The molecule has 2 aromatic carbocycles. The molecule has 0 amide bonds. The Labute approximate surface area is 187 Å². The first-order chi connectivity index (χ1) is 15.4. The van der Waals surface area contributed by atoms with Gasteiger partial charge in [-0.05, 0) is 49.0 Å². The molecule has 170 valence electrons. The zero-order valence-corrected chi connectivity index (χ0v) is 19.2. The summed E-state index contributed by atoms with van der Waals surface area (Å²) in [7, 11) is -2.28. The number of nitrogens with zero attached hydrogens (tertiary/aromatic N) is 2. The van der Waals surface area contributed by atoms with Crippen LogP contribution in [0.15, 0.2) is 36.7 Å². The van der Waals surface area contributed by atoms with E-state index in [2.05, 4.69) is 20.0 Å². The van der Waals surface area contributed by atoms with Crippen molar-refractivity contribution in [3.8, 4) is 5.75 Å². The molecule has 7 nitrogen and oxygen atoms in total. The van der Waals surface area contributed by atoms with Gasteiger partial charge < -0.3 is 19.5 Å². The number of benzene rings is 2. The van der Waals surface area contributed by atoms with Crippen molar-refractivity contribution in [3.05, 3.63) is 48.0 Å². The first-order valence-electron chi connectivity index (χ1n) is 10.6. The van der Waals surface area contributed by atoms with Gasteiger partial charge >= 0.3 is 0 Å². The SMILES string of the molecule is CC=S(=O)(CC)Nc1cc(C)c2c(Nc3ccc(F)cc3OC3CCOC3)ncnc2c1. The number of nitrogens with one attached hydrogen (secondary N) is 2. The molecule has 0 spiro atoms. The fourth-order valence-electron chi connectivity index (χ4n) is 3.65. The molecule has 32 heavy (non-hydrogen) atoms. The number of aromatic nitrogens is 2. The molecule has 1 saturated heterocycles. The topological polar surface area (TPSA) is 85.4 Å². The summed E-state index contributed by atoms with van der Waals surface area (Å²) in [6, 6.07) is 8.15. The molecule has 1 aliphatic heterocycles. The lowest BCUT2D eigenvalue weighted by molar-refractivity contribution is 0.141. The Morgan fingerprint density at radius 3 is 2.88 bits per heavy atom. The zero-order valence-electron chi connectivity index (χ0n) is 18.4. The summed E-state index contributed by atoms with van der Waals surface area (Å²) in [4.78, 5) is 8.82. The van der Waals surface area contributed by atoms with Gasteiger partial charge in [0.1, 0.15) is 29.8 Å². The maximum absolute atomic E-state index is 13.9. The van der Waals surface area contributed by atoms with Crippen LogP contribution < -0.4 is 14.8 Å². The van der Waals surface area contributed by atoms with E-state index in [4.69, 9.17) is 9.47 Å². The number of hydrogen-bond acceptors (Lipinski definition) is 6. The summed E-state index contributed by atoms with van der Waals surface area (Å²) in [5, 5.41) is 5.80. The van der Waals surface area contributed by atoms with Gasteiger partial charge in [0, 0.05) is 39.0 Å². The van der Waals surface area contributed by atoms with Crippen molar-refractivity contribution in [1.82, 2.24) is 9.97 Å². The monoisotopic (exact) mass is 458 g/mol. The van der Waals surface area contributed by atoms with Crippen molar-refractivity contribution in [2.75, 3.05) is 29.0 Å². The van der Waals surface area contributed by atoms with E-state index in [1.165, 1.54) is 18.5 Å². The number of fused-ring (bicyclic) bond motifs is 1. The fourth-order valence-corrected chi connectivity index (χ4v) is 4.77. The normalized spacial score (nSPS) is 17.7. The van der Waals surface area contributed by atoms with Crippen LogP contribution in [-0.4, -0.2) is 44.6 Å². The predicted octanol–water partition coefficient (Wildman–Crippen LogP) is 4.44. The minimum absolute atomic E-state index is 0.112. The molecule has 4 rings (SSSR count). The number of halogens is 1. The lowest BCUT2D eigenvalue weighted by Gasteiger charge is -2.18. The predicted molar refractivity (Wildman–Crippen MR) is 128 cm³/mol. The van der Waals surface area contributed by atoms with E-state index in [0.717, 1.165) is 23.1 Å². The Kier molecular flexibility index (Phi) is 6.48. The number of anilines is 3. The molecule has 0 saturated carbocycles. The van der Waals surface area contributed by atoms with Crippen molar-refractivity contribution in [2.24, 2.45) is 0 Å². The van der Waals surface area contributed by atoms with Gasteiger partial charge in [-0.3, -0.25) is 0 Å². The van der Waals surface area contributed by atoms with Crippen LogP contribution in [0.5, 0.6) is 5.75 Å². The highest BCUT2D eigenvalue weighted by molar-refractivity contribution is 8.02. The molecule has 2 N–H and O–H groups in total. The zero-order chi connectivity index (χ0) is 22.7. The standard InChI is InChI=1S/C23H27FN4O3S/c1-4-32(29,5-2)28-17-10-15(3)22-20(12-17)25-14-26-23(22)27-19-7-6-16(24)11-21(19)31-18-8-9-30-13-18/h4,6-7,10-12,14,18H,5,8-9,13H2,1-3H3,(H,28,29)(H,25,26,27). The molecular weight excluding hydrogens is 431 g/mol. The molecule has 1 aromatic heterocycles. The second kappa shape index (κ2) is 9.30. The van der Waals surface area contributed by atoms with Crippen LogP contribution in [0.4, 0.5) is 21.6 Å². The fraction of sp³-hybridized carbons (Fsp3) is 0.348. The van der Waals surface area contributed by atoms with Crippen molar-refractivity contribution in [2.45, 2.75) is 33.3 Å². The second-order valence-electron chi connectivity index (χ2n) is 7.63. The quantitative estimate of drug-likeness (QED) is 0.509. The molecule has 0 bridgehead atoms. The number of rotatable bonds is 7. The van der Waals surface area contributed by atoms with Crippen LogP contribution in [-0.2, 0) is 14.4 Å². The molecule has 3 aromatic rings. The van der Waals surface area contributed by atoms with Crippen LogP contribution in [0.25, 0.3) is 10.9 Å². The van der Waals surface area contributed by atoms with Gasteiger partial charge in [-0.25, -0.2) is 18.6 Å². The maximum atomic E-state index is 13.9. The van der Waals surface area contributed by atoms with Crippen molar-refractivity contribution in [3.63, 3.8) is 0 Å².